The molecule has 1 amide bonds. The molecule has 2 aliphatic heterocycles. The zero-order chi connectivity index (χ0) is 26.1. The third kappa shape index (κ3) is 3.42. The molecule has 0 radical (unpaired) electrons. The Morgan fingerprint density at radius 2 is 1.92 bits per heavy atom. The number of rotatable bonds is 6. The molecule has 0 N–H and O–H groups in total. The molecule has 0 unspecified atom stereocenters. The summed E-state index contributed by atoms with van der Waals surface area (Å²) in [4.78, 5) is 30.7. The molecule has 1 spiro atoms. The molecule has 2 bridgehead atoms. The fraction of sp³-hybridized carbons (Fsp3) is 0.500. The standard InChI is InChI=1S/C32H36N2O4/c1-21(35)38-32-16-15-25(33(2)28(36)14-13-22-7-4-3-5-8-22)30-31(32)17-18-34(20-23-11-12-23)27(32)19-24-9-6-10-26(37-30)29(24)31/h3-10,13-14,23,25,27,30H,11-12,15-20H2,1-2H3/t25-,27-,30+,31+,32-/m1/s1. The number of amides is 1. The molecule has 5 aliphatic rings. The minimum Gasteiger partial charge on any atom is -0.487 e. The molecule has 7 rings (SSSR count). The number of benzene rings is 2. The van der Waals surface area contributed by atoms with Crippen molar-refractivity contribution in [2.75, 3.05) is 20.1 Å². The minimum atomic E-state index is -0.642. The Balaban J connectivity index is 1.29. The van der Waals surface area contributed by atoms with Crippen molar-refractivity contribution in [1.82, 2.24) is 9.80 Å². The number of hydrogen-bond acceptors (Lipinski definition) is 5. The summed E-state index contributed by atoms with van der Waals surface area (Å²) < 4.78 is 13.4. The number of ether oxygens (including phenoxy) is 2. The van der Waals surface area contributed by atoms with Crippen LogP contribution in [0.25, 0.3) is 6.08 Å². The SMILES string of the molecule is CC(=O)O[C@@]12CC[C@@H](N(C)C(=O)C=Cc3ccccc3)[C@@H]3Oc4cccc5c4[C@@]31CCN(CC1CC1)[C@@H]2C5. The highest BCUT2D eigenvalue weighted by Crippen LogP contribution is 2.65. The second kappa shape index (κ2) is 8.70. The minimum absolute atomic E-state index is 0.0338. The van der Waals surface area contributed by atoms with Crippen LogP contribution in [-0.4, -0.2) is 65.6 Å². The Bertz CT molecular complexity index is 1300. The number of esters is 1. The molecule has 198 valence electrons. The zero-order valence-electron chi connectivity index (χ0n) is 22.3. The summed E-state index contributed by atoms with van der Waals surface area (Å²) in [5.41, 5.74) is 2.46. The van der Waals surface area contributed by atoms with Gasteiger partial charge < -0.3 is 14.4 Å². The van der Waals surface area contributed by atoms with E-state index in [4.69, 9.17) is 9.47 Å². The first kappa shape index (κ1) is 24.0. The van der Waals surface area contributed by atoms with Crippen LogP contribution in [0.15, 0.2) is 54.6 Å². The van der Waals surface area contributed by atoms with Crippen LogP contribution in [0, 0.1) is 5.92 Å². The molecule has 6 heteroatoms. The van der Waals surface area contributed by atoms with E-state index in [1.807, 2.05) is 48.4 Å². The molecule has 2 saturated carbocycles. The van der Waals surface area contributed by atoms with Crippen molar-refractivity contribution < 1.29 is 19.1 Å². The quantitative estimate of drug-likeness (QED) is 0.425. The molecule has 2 aromatic carbocycles. The molecule has 3 fully saturated rings. The summed E-state index contributed by atoms with van der Waals surface area (Å²) in [6.07, 6.45) is 9.09. The van der Waals surface area contributed by atoms with Gasteiger partial charge in [-0.15, -0.1) is 0 Å². The molecule has 1 saturated heterocycles. The van der Waals surface area contributed by atoms with E-state index in [0.717, 1.165) is 56.0 Å². The second-order valence-electron chi connectivity index (χ2n) is 12.0. The van der Waals surface area contributed by atoms with Gasteiger partial charge in [0.25, 0.3) is 0 Å². The Morgan fingerprint density at radius 1 is 1.11 bits per heavy atom. The van der Waals surface area contributed by atoms with Crippen LogP contribution in [0.2, 0.25) is 0 Å². The number of likely N-dealkylation sites (N-methyl/N-ethyl adjacent to an activating group) is 1. The van der Waals surface area contributed by atoms with E-state index in [0.29, 0.717) is 0 Å². The average molecular weight is 513 g/mol. The normalized spacial score (nSPS) is 32.9. The van der Waals surface area contributed by atoms with E-state index in [1.54, 1.807) is 13.0 Å². The fourth-order valence-corrected chi connectivity index (χ4v) is 8.27. The largest absolute Gasteiger partial charge is 0.487 e. The van der Waals surface area contributed by atoms with Crippen LogP contribution >= 0.6 is 0 Å². The molecular formula is C32H36N2O4. The van der Waals surface area contributed by atoms with Crippen LogP contribution in [0.4, 0.5) is 0 Å². The number of hydrogen-bond donors (Lipinski definition) is 0. The smallest absolute Gasteiger partial charge is 0.303 e. The summed E-state index contributed by atoms with van der Waals surface area (Å²) in [5.74, 6) is 1.42. The van der Waals surface area contributed by atoms with E-state index in [-0.39, 0.29) is 30.1 Å². The Kier molecular flexibility index (Phi) is 5.49. The maximum atomic E-state index is 13.4. The zero-order valence-corrected chi connectivity index (χ0v) is 22.3. The summed E-state index contributed by atoms with van der Waals surface area (Å²) in [6, 6.07) is 16.3. The number of likely N-dealkylation sites (tertiary alicyclic amines) is 1. The Morgan fingerprint density at radius 3 is 2.68 bits per heavy atom. The van der Waals surface area contributed by atoms with Crippen molar-refractivity contribution in [2.24, 2.45) is 5.92 Å². The lowest BCUT2D eigenvalue weighted by atomic mass is 9.48. The van der Waals surface area contributed by atoms with Gasteiger partial charge in [0.2, 0.25) is 5.91 Å². The third-order valence-corrected chi connectivity index (χ3v) is 9.98. The lowest BCUT2D eigenvalue weighted by molar-refractivity contribution is -0.223. The van der Waals surface area contributed by atoms with Crippen molar-refractivity contribution in [1.29, 1.82) is 0 Å². The van der Waals surface area contributed by atoms with E-state index in [1.165, 1.54) is 24.0 Å². The van der Waals surface area contributed by atoms with Crippen molar-refractivity contribution in [3.05, 3.63) is 71.3 Å². The highest BCUT2D eigenvalue weighted by molar-refractivity contribution is 5.92. The van der Waals surface area contributed by atoms with Gasteiger partial charge in [-0.3, -0.25) is 14.5 Å². The van der Waals surface area contributed by atoms with E-state index < -0.39 is 11.0 Å². The molecule has 0 aromatic heterocycles. The van der Waals surface area contributed by atoms with Crippen LogP contribution in [0.3, 0.4) is 0 Å². The Hall–Kier alpha value is -3.12. The molecule has 2 heterocycles. The molecule has 3 aliphatic carbocycles. The average Bonchev–Trinajstić information content (AvgIpc) is 3.66. The molecule has 6 nitrogen and oxygen atoms in total. The maximum Gasteiger partial charge on any atom is 0.303 e. The fourth-order valence-electron chi connectivity index (χ4n) is 8.27. The number of carbonyl (C=O) groups excluding carboxylic acids is 2. The van der Waals surface area contributed by atoms with Crippen LogP contribution in [-0.2, 0) is 26.2 Å². The van der Waals surface area contributed by atoms with Gasteiger partial charge in [-0.1, -0.05) is 42.5 Å². The summed E-state index contributed by atoms with van der Waals surface area (Å²) in [7, 11) is 1.90. The van der Waals surface area contributed by atoms with E-state index in [9.17, 15) is 9.59 Å². The summed E-state index contributed by atoms with van der Waals surface area (Å²) >= 11 is 0. The highest BCUT2D eigenvalue weighted by atomic mass is 16.6. The number of carbonyl (C=O) groups is 2. The first-order valence-electron chi connectivity index (χ1n) is 14.2. The number of piperidine rings is 1. The predicted molar refractivity (Wildman–Crippen MR) is 145 cm³/mol. The monoisotopic (exact) mass is 512 g/mol. The highest BCUT2D eigenvalue weighted by Gasteiger charge is 2.75. The van der Waals surface area contributed by atoms with E-state index >= 15 is 0 Å². The summed E-state index contributed by atoms with van der Waals surface area (Å²) in [5, 5.41) is 0. The van der Waals surface area contributed by atoms with Crippen molar-refractivity contribution in [3.63, 3.8) is 0 Å². The van der Waals surface area contributed by atoms with Crippen molar-refractivity contribution >= 4 is 18.0 Å². The molecule has 2 aromatic rings. The Labute approximate surface area is 224 Å². The molecular weight excluding hydrogens is 476 g/mol. The lowest BCUT2D eigenvalue weighted by Gasteiger charge is -2.65. The second-order valence-corrected chi connectivity index (χ2v) is 12.0. The lowest BCUT2D eigenvalue weighted by Crippen LogP contribution is -2.79. The van der Waals surface area contributed by atoms with Crippen LogP contribution < -0.4 is 4.74 Å². The van der Waals surface area contributed by atoms with E-state index in [2.05, 4.69) is 23.1 Å². The van der Waals surface area contributed by atoms with Crippen LogP contribution in [0.5, 0.6) is 5.75 Å². The first-order valence-corrected chi connectivity index (χ1v) is 14.2. The van der Waals surface area contributed by atoms with Gasteiger partial charge in [0.15, 0.2) is 0 Å². The maximum absolute atomic E-state index is 13.4. The van der Waals surface area contributed by atoms with Gasteiger partial charge in [0.05, 0.1) is 17.5 Å². The van der Waals surface area contributed by atoms with Crippen molar-refractivity contribution in [3.8, 4) is 5.75 Å². The van der Waals surface area contributed by atoms with Gasteiger partial charge in [-0.25, -0.2) is 0 Å². The first-order chi connectivity index (χ1) is 18.4. The topological polar surface area (TPSA) is 59.1 Å². The summed E-state index contributed by atoms with van der Waals surface area (Å²) in [6.45, 7) is 3.60. The van der Waals surface area contributed by atoms with Crippen LogP contribution in [0.1, 0.15) is 55.7 Å². The van der Waals surface area contributed by atoms with Gasteiger partial charge in [0.1, 0.15) is 17.5 Å². The van der Waals surface area contributed by atoms with Gasteiger partial charge in [-0.05, 0) is 74.3 Å². The van der Waals surface area contributed by atoms with Crippen molar-refractivity contribution in [2.45, 2.75) is 74.7 Å². The molecule has 5 atom stereocenters. The predicted octanol–water partition coefficient (Wildman–Crippen LogP) is 4.36. The third-order valence-electron chi connectivity index (χ3n) is 9.98. The molecule has 38 heavy (non-hydrogen) atoms. The van der Waals surface area contributed by atoms with Gasteiger partial charge >= 0.3 is 5.97 Å². The van der Waals surface area contributed by atoms with Gasteiger partial charge in [-0.2, -0.15) is 0 Å². The van der Waals surface area contributed by atoms with Gasteiger partial charge in [0, 0.05) is 32.2 Å². The number of nitrogens with zero attached hydrogens (tertiary/aromatic N) is 2.